The lowest BCUT2D eigenvalue weighted by atomic mass is 9.81. The third-order valence-corrected chi connectivity index (χ3v) is 25.2. The summed E-state index contributed by atoms with van der Waals surface area (Å²) in [5.41, 5.74) is 35.7. The smallest absolute Gasteiger partial charge is 0.162 e. The van der Waals surface area contributed by atoms with Gasteiger partial charge in [-0.3, -0.25) is 4.57 Å². The van der Waals surface area contributed by atoms with Crippen LogP contribution in [-0.4, -0.2) is 28.2 Å². The fourth-order valence-corrected chi connectivity index (χ4v) is 19.8. The van der Waals surface area contributed by atoms with E-state index in [1.807, 2.05) is 0 Å². The SMILES string of the molecule is CC1(C)c2ccccc2-c2ccc(-n3c4ccccc4c4cc(-c5ccc6c(c5)c5ccccc5n6-c5ccc6c(c5)C(C)(C)c5cc(-c7nc(-c8ccccc8)cc(-n8c9ccccc9c9cc(-c%10ccc%11c(c%10)c%10ccccc%10n%11-c%10ccc%11c(c%10)C(C)(C)c%10ccccc%10-%11)ccc98)n7)ccc5-6)ccc43)cc21. The first-order valence-electron chi connectivity index (χ1n) is 38.2. The van der Waals surface area contributed by atoms with Gasteiger partial charge in [0.05, 0.1) is 49.8 Å². The molecule has 0 bridgehead atoms. The fourth-order valence-electron chi connectivity index (χ4n) is 19.8. The molecule has 6 nitrogen and oxygen atoms in total. The molecule has 20 aromatic rings. The molecule has 0 radical (unpaired) electrons. The Hall–Kier alpha value is -13.4. The molecule has 0 spiro atoms. The Morgan fingerprint density at radius 1 is 0.202 bits per heavy atom. The van der Waals surface area contributed by atoms with Gasteiger partial charge >= 0.3 is 0 Å². The monoisotopic (exact) mass is 1390 g/mol. The predicted octanol–water partition coefficient (Wildman–Crippen LogP) is 26.5. The number of benzene rings is 15. The third-order valence-electron chi connectivity index (χ3n) is 25.2. The minimum atomic E-state index is -0.355. The topological polar surface area (TPSA) is 45.5 Å². The summed E-state index contributed by atoms with van der Waals surface area (Å²) >= 11 is 0. The Bertz CT molecular complexity index is 7390. The van der Waals surface area contributed by atoms with Crippen molar-refractivity contribution in [1.29, 1.82) is 0 Å². The number of hydrogen-bond acceptors (Lipinski definition) is 2. The molecular weight excluding hydrogens is 1320 g/mol. The normalized spacial score (nSPS) is 14.2. The fraction of sp³-hybridized carbons (Fsp3) is 0.0874. The molecule has 3 aliphatic carbocycles. The van der Waals surface area contributed by atoms with Crippen molar-refractivity contribution >= 4 is 87.2 Å². The highest BCUT2D eigenvalue weighted by molar-refractivity contribution is 6.15. The maximum Gasteiger partial charge on any atom is 0.162 e. The zero-order valence-electron chi connectivity index (χ0n) is 61.4. The Balaban J connectivity index is 0.589. The van der Waals surface area contributed by atoms with Crippen LogP contribution in [-0.2, 0) is 16.2 Å². The lowest BCUT2D eigenvalue weighted by Gasteiger charge is -2.23. The van der Waals surface area contributed by atoms with Crippen LogP contribution in [0.3, 0.4) is 0 Å². The molecule has 0 unspecified atom stereocenters. The van der Waals surface area contributed by atoms with E-state index < -0.39 is 0 Å². The van der Waals surface area contributed by atoms with Crippen LogP contribution in [0.1, 0.15) is 74.9 Å². The largest absolute Gasteiger partial charge is 0.309 e. The highest BCUT2D eigenvalue weighted by Gasteiger charge is 2.39. The summed E-state index contributed by atoms with van der Waals surface area (Å²) in [4.78, 5) is 11.1. The van der Waals surface area contributed by atoms with Gasteiger partial charge in [-0.15, -0.1) is 0 Å². The van der Waals surface area contributed by atoms with Crippen molar-refractivity contribution in [3.8, 4) is 101 Å². The number of fused-ring (bicyclic) bond motifs is 21. The molecule has 109 heavy (non-hydrogen) atoms. The van der Waals surface area contributed by atoms with Gasteiger partial charge < -0.3 is 13.7 Å². The summed E-state index contributed by atoms with van der Waals surface area (Å²) in [6.45, 7) is 14.2. The number of rotatable bonds is 8. The van der Waals surface area contributed by atoms with Gasteiger partial charge in [0.2, 0.25) is 0 Å². The summed E-state index contributed by atoms with van der Waals surface area (Å²) in [6, 6.07) is 122. The molecular formula is C103H72N6. The summed E-state index contributed by atoms with van der Waals surface area (Å²) in [6.07, 6.45) is 0. The Kier molecular flexibility index (Phi) is 12.7. The van der Waals surface area contributed by atoms with Gasteiger partial charge in [0, 0.05) is 93.6 Å². The molecule has 0 saturated carbocycles. The molecule has 0 atom stereocenters. The van der Waals surface area contributed by atoms with E-state index in [1.54, 1.807) is 0 Å². The first-order chi connectivity index (χ1) is 53.3. The van der Waals surface area contributed by atoms with Gasteiger partial charge in [0.25, 0.3) is 0 Å². The molecule has 0 saturated heterocycles. The zero-order valence-corrected chi connectivity index (χ0v) is 61.4. The molecule has 3 aliphatic rings. The van der Waals surface area contributed by atoms with E-state index in [0.29, 0.717) is 5.82 Å². The zero-order chi connectivity index (χ0) is 72.5. The van der Waals surface area contributed by atoms with Crippen LogP contribution in [0.2, 0.25) is 0 Å². The Morgan fingerprint density at radius 2 is 0.505 bits per heavy atom. The van der Waals surface area contributed by atoms with E-state index in [4.69, 9.17) is 9.97 Å². The number of para-hydroxylation sites is 4. The van der Waals surface area contributed by atoms with Crippen LogP contribution in [0.25, 0.3) is 188 Å². The summed E-state index contributed by atoms with van der Waals surface area (Å²) in [5, 5.41) is 9.74. The van der Waals surface area contributed by atoms with Crippen molar-refractivity contribution in [2.45, 2.75) is 57.8 Å². The summed E-state index contributed by atoms with van der Waals surface area (Å²) in [5.74, 6) is 1.49. The van der Waals surface area contributed by atoms with Crippen LogP contribution >= 0.6 is 0 Å². The molecule has 514 valence electrons. The van der Waals surface area contributed by atoms with Gasteiger partial charge in [-0.1, -0.05) is 248 Å². The van der Waals surface area contributed by atoms with Gasteiger partial charge in [-0.05, 0) is 204 Å². The lowest BCUT2D eigenvalue weighted by Crippen LogP contribution is -2.15. The standard InChI is InChI=1S/C103H72N6/c1-101(2)84-30-16-10-24-70(84)73-45-41-67(57-87(73)101)106-91-32-18-12-26-76(91)80-52-62(37-48-95(80)106)63-38-49-97-81(53-63)78-28-14-20-34-93(78)108(97)69-43-47-75-72-44-36-66(56-86(72)103(5,6)89(75)59-69)100-104-90(61-22-8-7-9-23-61)60-99(105-100)109-94-35-21-15-29-79(94)83-55-65(40-51-98(83)109)64-39-50-96-82(54-64)77-27-13-19-33-92(77)107(96)68-42-46-74-71-25-11-17-31-85(71)102(3,4)88(74)58-68/h7-60H,1-6H3. The van der Waals surface area contributed by atoms with Crippen molar-refractivity contribution in [2.24, 2.45) is 0 Å². The molecule has 5 aromatic heterocycles. The first kappa shape index (κ1) is 61.8. The van der Waals surface area contributed by atoms with E-state index in [9.17, 15) is 0 Å². The highest BCUT2D eigenvalue weighted by atomic mass is 15.1. The molecule has 23 rings (SSSR count). The predicted molar refractivity (Wildman–Crippen MR) is 454 cm³/mol. The second-order valence-electron chi connectivity index (χ2n) is 32.1. The first-order valence-corrected chi connectivity index (χ1v) is 38.2. The van der Waals surface area contributed by atoms with E-state index in [-0.39, 0.29) is 16.2 Å². The van der Waals surface area contributed by atoms with Crippen LogP contribution < -0.4 is 0 Å². The van der Waals surface area contributed by atoms with E-state index in [1.165, 1.54) is 166 Å². The van der Waals surface area contributed by atoms with Gasteiger partial charge in [0.1, 0.15) is 5.82 Å². The number of hydrogen-bond donors (Lipinski definition) is 0. The molecule has 5 heterocycles. The van der Waals surface area contributed by atoms with Crippen LogP contribution in [0.15, 0.2) is 328 Å². The highest BCUT2D eigenvalue weighted by Crippen LogP contribution is 2.54. The van der Waals surface area contributed by atoms with Crippen molar-refractivity contribution in [2.75, 3.05) is 0 Å². The molecule has 6 heteroatoms. The van der Waals surface area contributed by atoms with Gasteiger partial charge in [-0.25, -0.2) is 9.97 Å². The summed E-state index contributed by atoms with van der Waals surface area (Å²) in [7, 11) is 0. The molecule has 0 aliphatic heterocycles. The Labute approximate surface area is 631 Å². The van der Waals surface area contributed by atoms with Crippen molar-refractivity contribution in [1.82, 2.24) is 28.2 Å². The maximum atomic E-state index is 5.64. The second-order valence-corrected chi connectivity index (χ2v) is 32.1. The van der Waals surface area contributed by atoms with Crippen LogP contribution in [0.5, 0.6) is 0 Å². The minimum absolute atomic E-state index is 0.0964. The van der Waals surface area contributed by atoms with E-state index in [0.717, 1.165) is 50.3 Å². The van der Waals surface area contributed by atoms with Crippen LogP contribution in [0.4, 0.5) is 0 Å². The molecule has 0 N–H and O–H groups in total. The van der Waals surface area contributed by atoms with E-state index in [2.05, 4.69) is 387 Å². The third kappa shape index (κ3) is 8.74. The molecule has 0 fully saturated rings. The maximum absolute atomic E-state index is 5.64. The van der Waals surface area contributed by atoms with Gasteiger partial charge in [0.15, 0.2) is 5.82 Å². The minimum Gasteiger partial charge on any atom is -0.309 e. The second kappa shape index (κ2) is 22.3. The lowest BCUT2D eigenvalue weighted by molar-refractivity contribution is 0.660. The Morgan fingerprint density at radius 3 is 0.917 bits per heavy atom. The van der Waals surface area contributed by atoms with Gasteiger partial charge in [-0.2, -0.15) is 0 Å². The summed E-state index contributed by atoms with van der Waals surface area (Å²) < 4.78 is 9.74. The van der Waals surface area contributed by atoms with E-state index >= 15 is 0 Å². The van der Waals surface area contributed by atoms with Crippen molar-refractivity contribution < 1.29 is 0 Å². The molecule has 0 amide bonds. The number of aromatic nitrogens is 6. The van der Waals surface area contributed by atoms with Crippen LogP contribution in [0, 0.1) is 0 Å². The number of nitrogens with zero attached hydrogens (tertiary/aromatic N) is 6. The van der Waals surface area contributed by atoms with Crippen molar-refractivity contribution in [3.63, 3.8) is 0 Å². The molecule has 15 aromatic carbocycles. The average molecular weight is 1390 g/mol. The average Bonchev–Trinajstić information content (AvgIpc) is 1.58. The quantitative estimate of drug-likeness (QED) is 0.152. The van der Waals surface area contributed by atoms with Crippen molar-refractivity contribution in [3.05, 3.63) is 361 Å².